The molecule has 0 amide bonds. The fraction of sp³-hybridized carbons (Fsp3) is 0.897. The minimum Gasteiger partial charge on any atom is -0.463 e. The molecule has 0 bridgehead atoms. The molecule has 6 aliphatic rings. The van der Waals surface area contributed by atoms with E-state index in [1.807, 2.05) is 5.57 Å². The maximum Gasteiger partial charge on any atom is 0.302 e. The van der Waals surface area contributed by atoms with Crippen molar-refractivity contribution in [3.63, 3.8) is 0 Å². The SMILES string of the molecule is CC(=O)O[C@@H]1CC[C@@]2(C)[C@H](CC[C@H]3[C@@H]4CC[C@]5(CC(C)=C4C[C@@H]32)CC2NC[C@@H](C)C[C@H]2O5)C1. The summed E-state index contributed by atoms with van der Waals surface area (Å²) in [6, 6.07) is 0.575. The molecule has 184 valence electrons. The highest BCUT2D eigenvalue weighted by Crippen LogP contribution is 2.65. The molecule has 1 unspecified atom stereocenters. The Hall–Kier alpha value is -0.870. The van der Waals surface area contributed by atoms with Gasteiger partial charge in [0.1, 0.15) is 6.10 Å². The molecule has 33 heavy (non-hydrogen) atoms. The highest BCUT2D eigenvalue weighted by Gasteiger charge is 2.58. The Balaban J connectivity index is 1.20. The Morgan fingerprint density at radius 1 is 1.15 bits per heavy atom. The third-order valence-electron chi connectivity index (χ3n) is 11.3. The van der Waals surface area contributed by atoms with Crippen molar-refractivity contribution in [2.24, 2.45) is 35.0 Å². The second-order valence-corrected chi connectivity index (χ2v) is 13.3. The Bertz CT molecular complexity index is 837. The van der Waals surface area contributed by atoms with Gasteiger partial charge in [-0.25, -0.2) is 0 Å². The lowest BCUT2D eigenvalue weighted by Crippen LogP contribution is -2.47. The van der Waals surface area contributed by atoms with Gasteiger partial charge >= 0.3 is 5.97 Å². The molecule has 3 saturated carbocycles. The summed E-state index contributed by atoms with van der Waals surface area (Å²) in [7, 11) is 0. The van der Waals surface area contributed by atoms with Crippen LogP contribution in [-0.2, 0) is 14.3 Å². The lowest BCUT2D eigenvalue weighted by Gasteiger charge is -2.54. The van der Waals surface area contributed by atoms with Crippen molar-refractivity contribution < 1.29 is 14.3 Å². The predicted octanol–water partition coefficient (Wildman–Crippen LogP) is 5.80. The smallest absolute Gasteiger partial charge is 0.302 e. The first-order valence-electron chi connectivity index (χ1n) is 14.0. The molecule has 1 spiro atoms. The van der Waals surface area contributed by atoms with E-state index in [0.717, 1.165) is 55.4 Å². The second kappa shape index (κ2) is 8.08. The van der Waals surface area contributed by atoms with Crippen LogP contribution in [0.3, 0.4) is 0 Å². The molecule has 6 rings (SSSR count). The van der Waals surface area contributed by atoms with Crippen LogP contribution in [0, 0.1) is 35.0 Å². The summed E-state index contributed by atoms with van der Waals surface area (Å²) in [6.45, 7) is 10.1. The van der Waals surface area contributed by atoms with Gasteiger partial charge in [0.2, 0.25) is 0 Å². The molecule has 2 saturated heterocycles. The van der Waals surface area contributed by atoms with Crippen LogP contribution in [-0.4, -0.2) is 36.4 Å². The van der Waals surface area contributed by atoms with E-state index in [-0.39, 0.29) is 17.7 Å². The number of hydrogen-bond acceptors (Lipinski definition) is 4. The topological polar surface area (TPSA) is 47.6 Å². The van der Waals surface area contributed by atoms with Crippen molar-refractivity contribution in [2.45, 2.75) is 122 Å². The maximum absolute atomic E-state index is 11.5. The third kappa shape index (κ3) is 3.73. The molecule has 0 aromatic rings. The van der Waals surface area contributed by atoms with Crippen LogP contribution < -0.4 is 5.32 Å². The molecule has 4 nitrogen and oxygen atoms in total. The van der Waals surface area contributed by atoms with Crippen LogP contribution in [0.15, 0.2) is 11.1 Å². The molecule has 0 aromatic carbocycles. The van der Waals surface area contributed by atoms with Crippen molar-refractivity contribution in [2.75, 3.05) is 6.54 Å². The minimum atomic E-state index is -0.103. The van der Waals surface area contributed by atoms with E-state index < -0.39 is 0 Å². The molecule has 4 aliphatic carbocycles. The number of rotatable bonds is 1. The normalized spacial score (nSPS) is 51.4. The fourth-order valence-corrected chi connectivity index (χ4v) is 9.74. The van der Waals surface area contributed by atoms with E-state index in [2.05, 4.69) is 26.1 Å². The summed E-state index contributed by atoms with van der Waals surface area (Å²) in [5.41, 5.74) is 4.01. The van der Waals surface area contributed by atoms with Crippen molar-refractivity contribution in [3.05, 3.63) is 11.1 Å². The van der Waals surface area contributed by atoms with Gasteiger partial charge in [0.15, 0.2) is 0 Å². The summed E-state index contributed by atoms with van der Waals surface area (Å²) in [4.78, 5) is 11.5. The average Bonchev–Trinajstić information content (AvgIpc) is 3.27. The van der Waals surface area contributed by atoms with Crippen molar-refractivity contribution in [1.29, 1.82) is 0 Å². The van der Waals surface area contributed by atoms with Crippen LogP contribution in [0.1, 0.15) is 98.3 Å². The maximum atomic E-state index is 11.5. The lowest BCUT2D eigenvalue weighted by atomic mass is 9.52. The number of nitrogens with one attached hydrogen (secondary N) is 1. The summed E-state index contributed by atoms with van der Waals surface area (Å²) < 4.78 is 12.6. The number of carbonyl (C=O) groups is 1. The van der Waals surface area contributed by atoms with Crippen molar-refractivity contribution in [1.82, 2.24) is 5.32 Å². The molecule has 10 atom stereocenters. The summed E-state index contributed by atoms with van der Waals surface area (Å²) >= 11 is 0. The average molecular weight is 456 g/mol. The van der Waals surface area contributed by atoms with E-state index in [1.165, 1.54) is 51.4 Å². The van der Waals surface area contributed by atoms with Crippen LogP contribution in [0.5, 0.6) is 0 Å². The number of carbonyl (C=O) groups excluding carboxylic acids is 1. The summed E-state index contributed by atoms with van der Waals surface area (Å²) in [5.74, 6) is 3.83. The molecule has 4 heteroatoms. The first-order valence-corrected chi connectivity index (χ1v) is 14.0. The number of fused-ring (bicyclic) bond motifs is 6. The zero-order valence-electron chi connectivity index (χ0n) is 21.3. The van der Waals surface area contributed by atoms with Gasteiger partial charge in [0.25, 0.3) is 0 Å². The van der Waals surface area contributed by atoms with Gasteiger partial charge < -0.3 is 14.8 Å². The van der Waals surface area contributed by atoms with Crippen molar-refractivity contribution in [3.8, 4) is 0 Å². The van der Waals surface area contributed by atoms with Gasteiger partial charge in [-0.3, -0.25) is 4.79 Å². The fourth-order valence-electron chi connectivity index (χ4n) is 9.74. The largest absolute Gasteiger partial charge is 0.463 e. The van der Waals surface area contributed by atoms with Gasteiger partial charge in [-0.1, -0.05) is 25.0 Å². The zero-order chi connectivity index (χ0) is 23.0. The summed E-state index contributed by atoms with van der Waals surface area (Å²) in [5, 5.41) is 3.81. The minimum absolute atomic E-state index is 0.0898. The molecule has 0 aromatic heterocycles. The number of allylic oxidation sites excluding steroid dienone is 1. The standard InChI is InChI=1S/C29H45NO3/c1-17-11-27-26(30-16-17)15-29(33-27)10-8-22-23-6-5-20-12-21(32-19(3)31)7-9-28(20,4)25(23)13-24(22)18(2)14-29/h17,20-23,25-27,30H,5-16H2,1-4H3/t17-,20+,21+,22-,23-,25-,26?,27+,28-,29-/m0/s1. The molecule has 5 fully saturated rings. The Morgan fingerprint density at radius 3 is 2.82 bits per heavy atom. The second-order valence-electron chi connectivity index (χ2n) is 13.3. The first kappa shape index (κ1) is 22.6. The zero-order valence-corrected chi connectivity index (χ0v) is 21.3. The van der Waals surface area contributed by atoms with Gasteiger partial charge in [-0.2, -0.15) is 0 Å². The third-order valence-corrected chi connectivity index (χ3v) is 11.3. The van der Waals surface area contributed by atoms with Crippen LogP contribution in [0.25, 0.3) is 0 Å². The Kier molecular flexibility index (Phi) is 5.53. The number of ether oxygens (including phenoxy) is 2. The van der Waals surface area contributed by atoms with E-state index in [9.17, 15) is 4.79 Å². The molecular weight excluding hydrogens is 410 g/mol. The van der Waals surface area contributed by atoms with Gasteiger partial charge in [-0.05, 0) is 119 Å². The number of hydrogen-bond donors (Lipinski definition) is 1. The van der Waals surface area contributed by atoms with Gasteiger partial charge in [0.05, 0.1) is 11.7 Å². The van der Waals surface area contributed by atoms with Crippen LogP contribution in [0.2, 0.25) is 0 Å². The van der Waals surface area contributed by atoms with E-state index in [0.29, 0.717) is 17.6 Å². The van der Waals surface area contributed by atoms with Crippen LogP contribution in [0.4, 0.5) is 0 Å². The van der Waals surface area contributed by atoms with E-state index in [4.69, 9.17) is 9.47 Å². The predicted molar refractivity (Wildman–Crippen MR) is 130 cm³/mol. The van der Waals surface area contributed by atoms with Gasteiger partial charge in [-0.15, -0.1) is 0 Å². The van der Waals surface area contributed by atoms with E-state index in [1.54, 1.807) is 12.5 Å². The van der Waals surface area contributed by atoms with Crippen molar-refractivity contribution >= 4 is 5.97 Å². The van der Waals surface area contributed by atoms with E-state index >= 15 is 0 Å². The molecular formula is C29H45NO3. The highest BCUT2D eigenvalue weighted by atomic mass is 16.5. The molecule has 0 radical (unpaired) electrons. The lowest BCUT2D eigenvalue weighted by molar-refractivity contribution is -0.154. The Labute approximate surface area is 200 Å². The monoisotopic (exact) mass is 455 g/mol. The number of esters is 1. The molecule has 2 heterocycles. The summed E-state index contributed by atoms with van der Waals surface area (Å²) in [6.07, 6.45) is 14.2. The Morgan fingerprint density at radius 2 is 2.00 bits per heavy atom. The van der Waals surface area contributed by atoms with Crippen LogP contribution >= 0.6 is 0 Å². The molecule has 2 aliphatic heterocycles. The quantitative estimate of drug-likeness (QED) is 0.401. The van der Waals surface area contributed by atoms with Gasteiger partial charge in [0, 0.05) is 13.0 Å². The first-order chi connectivity index (χ1) is 15.8. The highest BCUT2D eigenvalue weighted by molar-refractivity contribution is 5.66. The number of piperidine rings is 1. The molecule has 1 N–H and O–H groups in total.